The third kappa shape index (κ3) is 5.58. The maximum absolute atomic E-state index is 14.9. The number of fused-ring (bicyclic) bond motifs is 1. The van der Waals surface area contributed by atoms with Crippen molar-refractivity contribution in [2.45, 2.75) is 44.5 Å². The zero-order valence-corrected chi connectivity index (χ0v) is 23.9. The summed E-state index contributed by atoms with van der Waals surface area (Å²) in [6.45, 7) is 1.62. The second-order valence-electron chi connectivity index (χ2n) is 10.2. The Morgan fingerprint density at radius 1 is 1.19 bits per heavy atom. The van der Waals surface area contributed by atoms with Crippen LogP contribution in [0.25, 0.3) is 22.2 Å². The molecule has 4 aromatic rings. The SMILES string of the molecule is CCOc1c(C)cc([C@@](O)(CNC(=O)c2cc(OC)c3nn(C4CC4)cc3c2)C(F)(F)F)nc1-c1ccc(Cl)c(F)c1F. The summed E-state index contributed by atoms with van der Waals surface area (Å²) in [7, 11) is 1.38. The molecule has 43 heavy (non-hydrogen) atoms. The number of carbonyl (C=O) groups is 1. The summed E-state index contributed by atoms with van der Waals surface area (Å²) in [4.78, 5) is 17.0. The molecule has 2 N–H and O–H groups in total. The van der Waals surface area contributed by atoms with Crippen LogP contribution in [0.15, 0.2) is 36.5 Å². The van der Waals surface area contributed by atoms with Gasteiger partial charge >= 0.3 is 6.18 Å². The first-order valence-corrected chi connectivity index (χ1v) is 13.6. The molecular formula is C29H26ClF5N4O4. The highest BCUT2D eigenvalue weighted by molar-refractivity contribution is 6.30. The quantitative estimate of drug-likeness (QED) is 0.169. The molecule has 1 aliphatic carbocycles. The normalized spacial score (nSPS) is 14.9. The summed E-state index contributed by atoms with van der Waals surface area (Å²) in [6, 6.07) is 6.01. The minimum atomic E-state index is -5.36. The lowest BCUT2D eigenvalue weighted by atomic mass is 9.94. The fourth-order valence-electron chi connectivity index (χ4n) is 4.67. The number of pyridine rings is 1. The van der Waals surface area contributed by atoms with Crippen molar-refractivity contribution in [3.63, 3.8) is 0 Å². The number of amides is 1. The van der Waals surface area contributed by atoms with E-state index in [9.17, 15) is 31.9 Å². The van der Waals surface area contributed by atoms with Crippen LogP contribution in [0.3, 0.4) is 0 Å². The highest BCUT2D eigenvalue weighted by Gasteiger charge is 2.56. The summed E-state index contributed by atoms with van der Waals surface area (Å²) in [5, 5.41) is 17.7. The number of methoxy groups -OCH3 is 1. The Kier molecular flexibility index (Phi) is 7.99. The summed E-state index contributed by atoms with van der Waals surface area (Å²) in [6.07, 6.45) is -1.72. The van der Waals surface area contributed by atoms with Gasteiger partial charge in [0.15, 0.2) is 11.6 Å². The summed E-state index contributed by atoms with van der Waals surface area (Å²) in [5.74, 6) is -3.70. The molecule has 0 aliphatic heterocycles. The van der Waals surface area contributed by atoms with Crippen molar-refractivity contribution >= 4 is 28.4 Å². The average molecular weight is 625 g/mol. The number of aliphatic hydroxyl groups is 1. The number of aromatic nitrogens is 3. The topological polar surface area (TPSA) is 98.5 Å². The van der Waals surface area contributed by atoms with Gasteiger partial charge in [0.05, 0.1) is 37.0 Å². The minimum Gasteiger partial charge on any atom is -0.494 e. The molecular weight excluding hydrogens is 599 g/mol. The first kappa shape index (κ1) is 30.5. The molecule has 228 valence electrons. The van der Waals surface area contributed by atoms with E-state index >= 15 is 0 Å². The van der Waals surface area contributed by atoms with Crippen molar-refractivity contribution < 1.29 is 41.3 Å². The van der Waals surface area contributed by atoms with E-state index in [2.05, 4.69) is 15.4 Å². The fraction of sp³-hybridized carbons (Fsp3) is 0.345. The monoisotopic (exact) mass is 624 g/mol. The predicted molar refractivity (Wildman–Crippen MR) is 147 cm³/mol. The lowest BCUT2D eigenvalue weighted by molar-refractivity contribution is -0.265. The highest BCUT2D eigenvalue weighted by Crippen LogP contribution is 2.43. The fourth-order valence-corrected chi connectivity index (χ4v) is 4.82. The molecule has 2 aromatic heterocycles. The van der Waals surface area contributed by atoms with Gasteiger partial charge in [-0.1, -0.05) is 11.6 Å². The number of benzene rings is 2. The van der Waals surface area contributed by atoms with Gasteiger partial charge in [0, 0.05) is 22.7 Å². The number of ether oxygens (including phenoxy) is 2. The molecule has 1 fully saturated rings. The Hall–Kier alpha value is -3.97. The molecule has 0 radical (unpaired) electrons. The van der Waals surface area contributed by atoms with Crippen LogP contribution >= 0.6 is 11.6 Å². The maximum atomic E-state index is 14.9. The number of hydrogen-bond donors (Lipinski definition) is 2. The lowest BCUT2D eigenvalue weighted by Gasteiger charge is -2.31. The Morgan fingerprint density at radius 2 is 1.91 bits per heavy atom. The van der Waals surface area contributed by atoms with Gasteiger partial charge in [0.2, 0.25) is 5.60 Å². The van der Waals surface area contributed by atoms with Crippen molar-refractivity contribution in [3.8, 4) is 22.8 Å². The number of halogens is 6. The van der Waals surface area contributed by atoms with Crippen LogP contribution in [0.4, 0.5) is 22.0 Å². The van der Waals surface area contributed by atoms with Gasteiger partial charge in [0.1, 0.15) is 22.7 Å². The Labute approximate surface area is 247 Å². The van der Waals surface area contributed by atoms with E-state index in [1.165, 1.54) is 26.2 Å². The maximum Gasteiger partial charge on any atom is 0.424 e. The number of alkyl halides is 3. The molecule has 0 bridgehead atoms. The zero-order chi connectivity index (χ0) is 31.3. The zero-order valence-electron chi connectivity index (χ0n) is 23.2. The van der Waals surface area contributed by atoms with Gasteiger partial charge in [-0.05, 0) is 62.6 Å². The molecule has 1 atom stereocenters. The van der Waals surface area contributed by atoms with Crippen molar-refractivity contribution in [1.29, 1.82) is 0 Å². The first-order chi connectivity index (χ1) is 20.3. The van der Waals surface area contributed by atoms with Crippen molar-refractivity contribution in [2.24, 2.45) is 0 Å². The van der Waals surface area contributed by atoms with Gasteiger partial charge in [-0.25, -0.2) is 13.8 Å². The molecule has 2 heterocycles. The van der Waals surface area contributed by atoms with E-state index in [1.54, 1.807) is 17.8 Å². The van der Waals surface area contributed by atoms with Crippen LogP contribution in [0.2, 0.25) is 5.02 Å². The molecule has 2 aromatic carbocycles. The van der Waals surface area contributed by atoms with Crippen LogP contribution in [0.1, 0.15) is 47.4 Å². The van der Waals surface area contributed by atoms with Crippen LogP contribution in [-0.2, 0) is 5.60 Å². The largest absolute Gasteiger partial charge is 0.494 e. The Morgan fingerprint density at radius 3 is 2.53 bits per heavy atom. The van der Waals surface area contributed by atoms with Gasteiger partial charge in [-0.15, -0.1) is 0 Å². The van der Waals surface area contributed by atoms with Gasteiger partial charge < -0.3 is 19.9 Å². The first-order valence-electron chi connectivity index (χ1n) is 13.2. The van der Waals surface area contributed by atoms with Crippen LogP contribution in [0.5, 0.6) is 11.5 Å². The average Bonchev–Trinajstić information content (AvgIpc) is 3.73. The van der Waals surface area contributed by atoms with Gasteiger partial charge in [0.25, 0.3) is 5.91 Å². The molecule has 5 rings (SSSR count). The molecule has 14 heteroatoms. The van der Waals surface area contributed by atoms with Crippen LogP contribution in [-0.4, -0.2) is 52.2 Å². The number of hydrogen-bond acceptors (Lipinski definition) is 6. The summed E-state index contributed by atoms with van der Waals surface area (Å²) < 4.78 is 85.4. The van der Waals surface area contributed by atoms with Crippen LogP contribution < -0.4 is 14.8 Å². The second kappa shape index (κ2) is 11.3. The third-order valence-electron chi connectivity index (χ3n) is 7.13. The standard InChI is InChI=1S/C29H26ClF5N4O4/c1-4-43-26-14(2)9-21(37-25(26)18-7-8-19(30)23(32)22(18)31)28(41,29(33,34)35)13-36-27(40)15-10-16-12-39(17-5-6-17)38-24(16)20(11-15)42-3/h7-12,17,41H,4-6,13H2,1-3H3,(H,36,40)/t28-/m0/s1. The van der Waals surface area contributed by atoms with Crippen molar-refractivity contribution in [3.05, 3.63) is 70.0 Å². The summed E-state index contributed by atoms with van der Waals surface area (Å²) in [5.41, 5.74) is -5.21. The van der Waals surface area contributed by atoms with E-state index in [4.69, 9.17) is 21.1 Å². The molecule has 0 unspecified atom stereocenters. The molecule has 8 nitrogen and oxygen atoms in total. The summed E-state index contributed by atoms with van der Waals surface area (Å²) >= 11 is 5.65. The molecule has 1 aliphatic rings. The third-order valence-corrected chi connectivity index (χ3v) is 7.42. The number of rotatable bonds is 9. The number of nitrogens with one attached hydrogen (secondary N) is 1. The predicted octanol–water partition coefficient (Wildman–Crippen LogP) is 6.26. The van der Waals surface area contributed by atoms with E-state index < -0.39 is 57.8 Å². The number of aryl methyl sites for hydroxylation is 1. The van der Waals surface area contributed by atoms with E-state index in [0.717, 1.165) is 31.0 Å². The Bertz CT molecular complexity index is 1720. The Balaban J connectivity index is 1.53. The van der Waals surface area contributed by atoms with Crippen LogP contribution in [0, 0.1) is 18.6 Å². The van der Waals surface area contributed by atoms with Gasteiger partial charge in [-0.2, -0.15) is 18.3 Å². The molecule has 0 saturated heterocycles. The van der Waals surface area contributed by atoms with Crippen molar-refractivity contribution in [1.82, 2.24) is 20.1 Å². The van der Waals surface area contributed by atoms with E-state index in [1.807, 2.05) is 0 Å². The molecule has 0 spiro atoms. The van der Waals surface area contributed by atoms with E-state index in [-0.39, 0.29) is 35.3 Å². The minimum absolute atomic E-state index is 0.0273. The molecule has 1 saturated carbocycles. The van der Waals surface area contributed by atoms with Gasteiger partial charge in [-0.3, -0.25) is 9.48 Å². The molecule has 1 amide bonds. The van der Waals surface area contributed by atoms with E-state index in [0.29, 0.717) is 10.9 Å². The second-order valence-corrected chi connectivity index (χ2v) is 10.6. The highest BCUT2D eigenvalue weighted by atomic mass is 35.5. The lowest BCUT2D eigenvalue weighted by Crippen LogP contribution is -2.51. The van der Waals surface area contributed by atoms with Crippen molar-refractivity contribution in [2.75, 3.05) is 20.3 Å². The smallest absolute Gasteiger partial charge is 0.424 e. The number of nitrogens with zero attached hydrogens (tertiary/aromatic N) is 3. The number of carbonyl (C=O) groups excluding carboxylic acids is 1.